The zero-order valence-corrected chi connectivity index (χ0v) is 15.4. The molecule has 0 aliphatic rings. The molecule has 0 spiro atoms. The van der Waals surface area contributed by atoms with E-state index in [4.69, 9.17) is 5.73 Å². The highest BCUT2D eigenvalue weighted by Crippen LogP contribution is 2.16. The van der Waals surface area contributed by atoms with Crippen LogP contribution in [0.3, 0.4) is 0 Å². The molecule has 6 heteroatoms. The van der Waals surface area contributed by atoms with Gasteiger partial charge in [-0.05, 0) is 43.5 Å². The Balaban J connectivity index is 0.00000484. The minimum Gasteiger partial charge on any atom is -0.346 e. The van der Waals surface area contributed by atoms with Crippen molar-refractivity contribution in [1.82, 2.24) is 10.2 Å². The standard InChI is InChI=1S/C17H27N3O2.ClH/c1-12(2)10-17(3,11-18)19-15(21)13-6-8-14(9-7-13)16(22)20(4)5;/h6-9,12H,10-11,18H2,1-5H3,(H,19,21);1H. The van der Waals surface area contributed by atoms with E-state index in [1.807, 2.05) is 6.92 Å². The first-order chi connectivity index (χ1) is 10.2. The first-order valence-electron chi connectivity index (χ1n) is 7.53. The van der Waals surface area contributed by atoms with Gasteiger partial charge in [0.1, 0.15) is 0 Å². The highest BCUT2D eigenvalue weighted by Gasteiger charge is 2.26. The van der Waals surface area contributed by atoms with Crippen molar-refractivity contribution in [3.05, 3.63) is 35.4 Å². The summed E-state index contributed by atoms with van der Waals surface area (Å²) in [6.07, 6.45) is 0.812. The summed E-state index contributed by atoms with van der Waals surface area (Å²) < 4.78 is 0. The Morgan fingerprint density at radius 2 is 1.65 bits per heavy atom. The van der Waals surface area contributed by atoms with Gasteiger partial charge < -0.3 is 16.0 Å². The van der Waals surface area contributed by atoms with Gasteiger partial charge in [-0.3, -0.25) is 9.59 Å². The van der Waals surface area contributed by atoms with Crippen LogP contribution in [0.5, 0.6) is 0 Å². The fourth-order valence-electron chi connectivity index (χ4n) is 2.46. The van der Waals surface area contributed by atoms with Crippen LogP contribution in [0, 0.1) is 5.92 Å². The Labute approximate surface area is 145 Å². The molecule has 0 heterocycles. The number of halogens is 1. The summed E-state index contributed by atoms with van der Waals surface area (Å²) in [5.74, 6) is 0.185. The lowest BCUT2D eigenvalue weighted by atomic mass is 9.90. The molecule has 0 bridgehead atoms. The number of nitrogens with two attached hydrogens (primary N) is 1. The van der Waals surface area contributed by atoms with Gasteiger partial charge in [0.25, 0.3) is 11.8 Å². The van der Waals surface area contributed by atoms with Crippen molar-refractivity contribution in [3.8, 4) is 0 Å². The van der Waals surface area contributed by atoms with Crippen LogP contribution in [0.25, 0.3) is 0 Å². The molecule has 23 heavy (non-hydrogen) atoms. The molecule has 0 saturated carbocycles. The largest absolute Gasteiger partial charge is 0.346 e. The van der Waals surface area contributed by atoms with Gasteiger partial charge in [-0.25, -0.2) is 0 Å². The molecule has 5 nitrogen and oxygen atoms in total. The van der Waals surface area contributed by atoms with Gasteiger partial charge in [0, 0.05) is 37.3 Å². The second-order valence-electron chi connectivity index (χ2n) is 6.59. The number of carbonyl (C=O) groups excluding carboxylic acids is 2. The topological polar surface area (TPSA) is 75.4 Å². The van der Waals surface area contributed by atoms with E-state index in [9.17, 15) is 9.59 Å². The molecule has 1 aromatic carbocycles. The molecule has 1 atom stereocenters. The van der Waals surface area contributed by atoms with Crippen molar-refractivity contribution in [2.24, 2.45) is 11.7 Å². The number of hydrogen-bond donors (Lipinski definition) is 2. The molecule has 0 aromatic heterocycles. The van der Waals surface area contributed by atoms with Crippen LogP contribution >= 0.6 is 12.4 Å². The average molecular weight is 342 g/mol. The van der Waals surface area contributed by atoms with Crippen molar-refractivity contribution in [3.63, 3.8) is 0 Å². The van der Waals surface area contributed by atoms with E-state index in [1.165, 1.54) is 4.90 Å². The molecular weight excluding hydrogens is 314 g/mol. The maximum Gasteiger partial charge on any atom is 0.253 e. The lowest BCUT2D eigenvalue weighted by Crippen LogP contribution is -2.52. The molecular formula is C17H28ClN3O2. The number of benzene rings is 1. The summed E-state index contributed by atoms with van der Waals surface area (Å²) in [4.78, 5) is 25.7. The van der Waals surface area contributed by atoms with Gasteiger partial charge in [0.15, 0.2) is 0 Å². The van der Waals surface area contributed by atoms with E-state index in [0.717, 1.165) is 6.42 Å². The van der Waals surface area contributed by atoms with Gasteiger partial charge in [-0.2, -0.15) is 0 Å². The molecule has 0 saturated heterocycles. The lowest BCUT2D eigenvalue weighted by molar-refractivity contribution is 0.0825. The predicted molar refractivity (Wildman–Crippen MR) is 96.1 cm³/mol. The van der Waals surface area contributed by atoms with Crippen LogP contribution in [0.2, 0.25) is 0 Å². The van der Waals surface area contributed by atoms with Crippen LogP contribution in [-0.4, -0.2) is 42.9 Å². The molecule has 1 unspecified atom stereocenters. The quantitative estimate of drug-likeness (QED) is 0.833. The second-order valence-corrected chi connectivity index (χ2v) is 6.59. The number of amides is 2. The van der Waals surface area contributed by atoms with Crippen LogP contribution in [0.1, 0.15) is 47.9 Å². The normalized spacial score (nSPS) is 13.0. The Kier molecular flexibility index (Phi) is 8.28. The van der Waals surface area contributed by atoms with Gasteiger partial charge in [-0.1, -0.05) is 13.8 Å². The third-order valence-corrected chi connectivity index (χ3v) is 3.52. The summed E-state index contributed by atoms with van der Waals surface area (Å²) in [6.45, 7) is 6.53. The van der Waals surface area contributed by atoms with Crippen LogP contribution in [0.4, 0.5) is 0 Å². The summed E-state index contributed by atoms with van der Waals surface area (Å²) in [5, 5.41) is 3.00. The van der Waals surface area contributed by atoms with E-state index in [2.05, 4.69) is 19.2 Å². The van der Waals surface area contributed by atoms with E-state index >= 15 is 0 Å². The zero-order chi connectivity index (χ0) is 16.9. The van der Waals surface area contributed by atoms with Crippen molar-refractivity contribution >= 4 is 24.2 Å². The first kappa shape index (κ1) is 21.4. The summed E-state index contributed by atoms with van der Waals surface area (Å²) in [7, 11) is 3.39. The minimum atomic E-state index is -0.427. The first-order valence-corrected chi connectivity index (χ1v) is 7.53. The zero-order valence-electron chi connectivity index (χ0n) is 14.6. The van der Waals surface area contributed by atoms with E-state index in [1.54, 1.807) is 38.4 Å². The fraction of sp³-hybridized carbons (Fsp3) is 0.529. The maximum absolute atomic E-state index is 12.4. The smallest absolute Gasteiger partial charge is 0.253 e. The van der Waals surface area contributed by atoms with Gasteiger partial charge >= 0.3 is 0 Å². The number of hydrogen-bond acceptors (Lipinski definition) is 3. The lowest BCUT2D eigenvalue weighted by Gasteiger charge is -2.31. The SMILES string of the molecule is CC(C)CC(C)(CN)NC(=O)c1ccc(C(=O)N(C)C)cc1.Cl. The third kappa shape index (κ3) is 6.20. The van der Waals surface area contributed by atoms with E-state index < -0.39 is 5.54 Å². The van der Waals surface area contributed by atoms with E-state index in [0.29, 0.717) is 23.6 Å². The highest BCUT2D eigenvalue weighted by atomic mass is 35.5. The molecule has 0 aliphatic carbocycles. The second kappa shape index (κ2) is 8.89. The van der Waals surface area contributed by atoms with Crippen molar-refractivity contribution < 1.29 is 9.59 Å². The highest BCUT2D eigenvalue weighted by molar-refractivity contribution is 5.97. The Morgan fingerprint density at radius 1 is 1.17 bits per heavy atom. The summed E-state index contributed by atoms with van der Waals surface area (Å²) >= 11 is 0. The molecule has 3 N–H and O–H groups in total. The van der Waals surface area contributed by atoms with Gasteiger partial charge in [0.05, 0.1) is 0 Å². The van der Waals surface area contributed by atoms with Crippen LogP contribution < -0.4 is 11.1 Å². The van der Waals surface area contributed by atoms with Crippen molar-refractivity contribution in [2.75, 3.05) is 20.6 Å². The van der Waals surface area contributed by atoms with Crippen LogP contribution in [-0.2, 0) is 0 Å². The number of nitrogens with one attached hydrogen (secondary N) is 1. The molecule has 1 aromatic rings. The van der Waals surface area contributed by atoms with Gasteiger partial charge in [-0.15, -0.1) is 12.4 Å². The molecule has 2 amide bonds. The summed E-state index contributed by atoms with van der Waals surface area (Å²) in [6, 6.07) is 6.66. The Bertz CT molecular complexity index is 529. The monoisotopic (exact) mass is 341 g/mol. The molecule has 0 aliphatic heterocycles. The summed E-state index contributed by atoms with van der Waals surface area (Å²) in [5.41, 5.74) is 6.47. The number of nitrogens with zero attached hydrogens (tertiary/aromatic N) is 1. The van der Waals surface area contributed by atoms with Crippen LogP contribution in [0.15, 0.2) is 24.3 Å². The number of carbonyl (C=O) groups is 2. The molecule has 1 rings (SSSR count). The number of rotatable bonds is 6. The molecule has 130 valence electrons. The fourth-order valence-corrected chi connectivity index (χ4v) is 2.46. The Hall–Kier alpha value is -1.59. The predicted octanol–water partition coefficient (Wildman–Crippen LogP) is 2.30. The van der Waals surface area contributed by atoms with Crippen molar-refractivity contribution in [1.29, 1.82) is 0 Å². The average Bonchev–Trinajstić information content (AvgIpc) is 2.45. The molecule has 0 radical (unpaired) electrons. The minimum absolute atomic E-state index is 0. The molecule has 0 fully saturated rings. The van der Waals surface area contributed by atoms with Crippen molar-refractivity contribution in [2.45, 2.75) is 32.7 Å². The van der Waals surface area contributed by atoms with E-state index in [-0.39, 0.29) is 24.2 Å². The Morgan fingerprint density at radius 3 is 2.04 bits per heavy atom. The third-order valence-electron chi connectivity index (χ3n) is 3.52. The maximum atomic E-state index is 12.4. The van der Waals surface area contributed by atoms with Gasteiger partial charge in [0.2, 0.25) is 0 Å².